The minimum absolute atomic E-state index is 0.0449. The first-order valence-electron chi connectivity index (χ1n) is 8.50. The summed E-state index contributed by atoms with van der Waals surface area (Å²) in [4.78, 5) is 0. The summed E-state index contributed by atoms with van der Waals surface area (Å²) < 4.78 is 33.5. The number of ether oxygens (including phenoxy) is 1. The van der Waals surface area contributed by atoms with Gasteiger partial charge in [0.25, 0.3) is 0 Å². The zero-order chi connectivity index (χ0) is 15.4. The van der Waals surface area contributed by atoms with E-state index in [4.69, 9.17) is 4.74 Å². The lowest BCUT2D eigenvalue weighted by atomic mass is 9.83. The fraction of sp³-hybridized carbons (Fsp3) is 0.579. The summed E-state index contributed by atoms with van der Waals surface area (Å²) in [6.45, 7) is 0.474. The van der Waals surface area contributed by atoms with Gasteiger partial charge >= 0.3 is 0 Å². The van der Waals surface area contributed by atoms with Crippen molar-refractivity contribution in [2.45, 2.75) is 51.4 Å². The Hall–Kier alpha value is -1.38. The van der Waals surface area contributed by atoms with E-state index in [9.17, 15) is 8.78 Å². The van der Waals surface area contributed by atoms with Gasteiger partial charge in [-0.2, -0.15) is 4.39 Å². The van der Waals surface area contributed by atoms with Crippen LogP contribution in [-0.2, 0) is 6.42 Å². The normalized spacial score (nSPS) is 19.2. The summed E-state index contributed by atoms with van der Waals surface area (Å²) in [5.41, 5.74) is 0.402. The third-order valence-corrected chi connectivity index (χ3v) is 5.03. The molecule has 0 bridgehead atoms. The Balaban J connectivity index is 1.53. The Bertz CT molecular complexity index is 530. The quantitative estimate of drug-likeness (QED) is 0.610. The molecule has 2 fully saturated rings. The van der Waals surface area contributed by atoms with Gasteiger partial charge in [-0.25, -0.2) is 4.39 Å². The monoisotopic (exact) mass is 306 g/mol. The zero-order valence-corrected chi connectivity index (χ0v) is 13.0. The highest BCUT2D eigenvalue weighted by Crippen LogP contribution is 2.30. The van der Waals surface area contributed by atoms with Crippen LogP contribution in [0.3, 0.4) is 0 Å². The van der Waals surface area contributed by atoms with E-state index >= 15 is 0 Å². The van der Waals surface area contributed by atoms with Crippen molar-refractivity contribution < 1.29 is 13.5 Å². The molecule has 3 heteroatoms. The Labute approximate surface area is 131 Å². The summed E-state index contributed by atoms with van der Waals surface area (Å²) in [6.07, 6.45) is 13.0. The molecule has 1 nitrogen and oxygen atoms in total. The molecule has 0 saturated heterocycles. The molecule has 2 aliphatic carbocycles. The van der Waals surface area contributed by atoms with Crippen molar-refractivity contribution in [3.63, 3.8) is 0 Å². The lowest BCUT2D eigenvalue weighted by molar-refractivity contribution is 0.215. The van der Waals surface area contributed by atoms with E-state index in [0.29, 0.717) is 30.4 Å². The molecule has 1 aromatic rings. The van der Waals surface area contributed by atoms with Crippen LogP contribution < -0.4 is 4.74 Å². The first-order chi connectivity index (χ1) is 10.7. The van der Waals surface area contributed by atoms with Crippen LogP contribution in [0.5, 0.6) is 5.75 Å². The third-order valence-electron chi connectivity index (χ3n) is 5.03. The average Bonchev–Trinajstić information content (AvgIpc) is 2.42. The minimum Gasteiger partial charge on any atom is -0.490 e. The van der Waals surface area contributed by atoms with Gasteiger partial charge in [0.05, 0.1) is 6.61 Å². The van der Waals surface area contributed by atoms with Gasteiger partial charge in [0.15, 0.2) is 11.6 Å². The van der Waals surface area contributed by atoms with E-state index in [0.717, 1.165) is 6.42 Å². The summed E-state index contributed by atoms with van der Waals surface area (Å²) in [5.74, 6) is -0.211. The van der Waals surface area contributed by atoms with Gasteiger partial charge in [-0.1, -0.05) is 43.9 Å². The lowest BCUT2D eigenvalue weighted by Gasteiger charge is -2.25. The van der Waals surface area contributed by atoms with Gasteiger partial charge in [0.1, 0.15) is 0 Å². The van der Waals surface area contributed by atoms with Gasteiger partial charge < -0.3 is 4.74 Å². The van der Waals surface area contributed by atoms with Crippen LogP contribution in [0.25, 0.3) is 0 Å². The maximum Gasteiger partial charge on any atom is 0.200 e. The van der Waals surface area contributed by atoms with Crippen molar-refractivity contribution in [1.82, 2.24) is 0 Å². The van der Waals surface area contributed by atoms with Crippen LogP contribution >= 0.6 is 0 Å². The molecular formula is C19H24F2O. The van der Waals surface area contributed by atoms with E-state index in [2.05, 4.69) is 6.08 Å². The molecular weight excluding hydrogens is 282 g/mol. The van der Waals surface area contributed by atoms with Crippen LogP contribution in [0.4, 0.5) is 8.78 Å². The fourth-order valence-electron chi connectivity index (χ4n) is 2.98. The maximum atomic E-state index is 14.1. The highest BCUT2D eigenvalue weighted by atomic mass is 19.2. The molecule has 0 N–H and O–H groups in total. The topological polar surface area (TPSA) is 9.23 Å². The molecule has 2 saturated carbocycles. The second-order valence-corrected chi connectivity index (χ2v) is 6.61. The lowest BCUT2D eigenvalue weighted by Crippen LogP contribution is -2.15. The number of halogens is 2. The predicted octanol–water partition coefficient (Wildman–Crippen LogP) is 5.43. The molecule has 120 valence electrons. The summed E-state index contributed by atoms with van der Waals surface area (Å²) in [6, 6.07) is 3.20. The molecule has 22 heavy (non-hydrogen) atoms. The van der Waals surface area contributed by atoms with Gasteiger partial charge in [-0.05, 0) is 49.1 Å². The molecule has 0 radical (unpaired) electrons. The standard InChI is InChI=1S/C19H24F2O/c20-18-16(9-3-8-14-4-1-5-14)10-11-17(19(18)21)22-13-12-15-6-2-7-15/h3,8,10-11,14-15H,1-2,4-7,9,12-13H2/b8-3+. The smallest absolute Gasteiger partial charge is 0.200 e. The van der Waals surface area contributed by atoms with Crippen molar-refractivity contribution >= 4 is 0 Å². The van der Waals surface area contributed by atoms with Crippen molar-refractivity contribution in [2.75, 3.05) is 6.61 Å². The van der Waals surface area contributed by atoms with Gasteiger partial charge in [0, 0.05) is 0 Å². The Morgan fingerprint density at radius 3 is 2.45 bits per heavy atom. The highest BCUT2D eigenvalue weighted by Gasteiger charge is 2.18. The Morgan fingerprint density at radius 2 is 1.82 bits per heavy atom. The predicted molar refractivity (Wildman–Crippen MR) is 84.0 cm³/mol. The molecule has 0 spiro atoms. The van der Waals surface area contributed by atoms with E-state index in [-0.39, 0.29) is 5.75 Å². The number of hydrogen-bond donors (Lipinski definition) is 0. The molecule has 0 aromatic heterocycles. The molecule has 2 aliphatic rings. The number of rotatable bonds is 7. The largest absolute Gasteiger partial charge is 0.490 e. The average molecular weight is 306 g/mol. The summed E-state index contributed by atoms with van der Waals surface area (Å²) >= 11 is 0. The van der Waals surface area contributed by atoms with Crippen LogP contribution in [0, 0.1) is 23.5 Å². The molecule has 0 amide bonds. The van der Waals surface area contributed by atoms with E-state index in [1.165, 1.54) is 38.5 Å². The van der Waals surface area contributed by atoms with Crippen LogP contribution in [0.2, 0.25) is 0 Å². The van der Waals surface area contributed by atoms with Crippen molar-refractivity contribution in [3.05, 3.63) is 41.5 Å². The van der Waals surface area contributed by atoms with Crippen LogP contribution in [0.15, 0.2) is 24.3 Å². The van der Waals surface area contributed by atoms with Gasteiger partial charge in [0.2, 0.25) is 5.82 Å². The second kappa shape index (κ2) is 7.26. The fourth-order valence-corrected chi connectivity index (χ4v) is 2.98. The van der Waals surface area contributed by atoms with Gasteiger partial charge in [-0.3, -0.25) is 0 Å². The van der Waals surface area contributed by atoms with Crippen molar-refractivity contribution in [2.24, 2.45) is 11.8 Å². The molecule has 0 aliphatic heterocycles. The second-order valence-electron chi connectivity index (χ2n) is 6.61. The third kappa shape index (κ3) is 3.68. The van der Waals surface area contributed by atoms with Crippen molar-refractivity contribution in [1.29, 1.82) is 0 Å². The Kier molecular flexibility index (Phi) is 5.12. The summed E-state index contributed by atoms with van der Waals surface area (Å²) in [5, 5.41) is 0. The SMILES string of the molecule is Fc1c(C/C=C/C2CCC2)ccc(OCCC2CCC2)c1F. The Morgan fingerprint density at radius 1 is 1.05 bits per heavy atom. The molecule has 3 rings (SSSR count). The molecule has 0 unspecified atom stereocenters. The van der Waals surface area contributed by atoms with E-state index < -0.39 is 11.6 Å². The van der Waals surface area contributed by atoms with E-state index in [1.54, 1.807) is 12.1 Å². The maximum absolute atomic E-state index is 14.1. The number of benzene rings is 1. The minimum atomic E-state index is -0.844. The van der Waals surface area contributed by atoms with E-state index in [1.807, 2.05) is 6.08 Å². The molecule has 0 heterocycles. The van der Waals surface area contributed by atoms with Gasteiger partial charge in [-0.15, -0.1) is 0 Å². The number of allylic oxidation sites excluding steroid dienone is 2. The molecule has 0 atom stereocenters. The van der Waals surface area contributed by atoms with Crippen molar-refractivity contribution in [3.8, 4) is 5.75 Å². The first-order valence-corrected chi connectivity index (χ1v) is 8.50. The number of hydrogen-bond acceptors (Lipinski definition) is 1. The molecule has 1 aromatic carbocycles. The zero-order valence-electron chi connectivity index (χ0n) is 13.0. The van der Waals surface area contributed by atoms with Crippen LogP contribution in [-0.4, -0.2) is 6.61 Å². The first kappa shape index (κ1) is 15.5. The van der Waals surface area contributed by atoms with Crippen LogP contribution in [0.1, 0.15) is 50.5 Å². The summed E-state index contributed by atoms with van der Waals surface area (Å²) in [7, 11) is 0. The highest BCUT2D eigenvalue weighted by molar-refractivity contribution is 5.32.